The van der Waals surface area contributed by atoms with Crippen LogP contribution in [0, 0.1) is 17.5 Å². The summed E-state index contributed by atoms with van der Waals surface area (Å²) < 4.78 is 40.2. The van der Waals surface area contributed by atoms with Gasteiger partial charge in [-0.05, 0) is 10.9 Å². The van der Waals surface area contributed by atoms with E-state index in [-0.39, 0.29) is 10.9 Å². The Hall–Kier alpha value is -0.495. The normalized spacial score (nSPS) is 11.9. The van der Waals surface area contributed by atoms with Gasteiger partial charge >= 0.3 is 0 Å². The molecule has 0 aliphatic carbocycles. The Morgan fingerprint density at radius 1 is 1.00 bits per heavy atom. The molecule has 0 saturated heterocycles. The van der Waals surface area contributed by atoms with Crippen molar-refractivity contribution in [3.8, 4) is 0 Å². The topological polar surface area (TPSA) is 0 Å². The molecule has 0 bridgehead atoms. The smallest absolute Gasteiger partial charge is 0.162 e. The molecule has 0 spiro atoms. The summed E-state index contributed by atoms with van der Waals surface area (Å²) in [6.45, 7) is 5.02. The van der Waals surface area contributed by atoms with Crippen molar-refractivity contribution in [2.75, 3.05) is 0 Å². The third kappa shape index (κ3) is 2.05. The Labute approximate surface area is 90.9 Å². The lowest BCUT2D eigenvalue weighted by Crippen LogP contribution is -2.32. The van der Waals surface area contributed by atoms with Crippen molar-refractivity contribution >= 4 is 27.9 Å². The summed E-state index contributed by atoms with van der Waals surface area (Å²) in [7, 11) is 7.15. The summed E-state index contributed by atoms with van der Waals surface area (Å²) in [5.74, 6) is -3.31. The maximum atomic E-state index is 13.6. The highest BCUT2D eigenvalue weighted by Crippen LogP contribution is 2.26. The van der Waals surface area contributed by atoms with Crippen molar-refractivity contribution < 1.29 is 13.2 Å². The second-order valence-electron chi connectivity index (χ2n) is 4.39. The van der Waals surface area contributed by atoms with E-state index in [0.29, 0.717) is 0 Å². The number of benzene rings is 1. The molecule has 1 aromatic rings. The largest absolute Gasteiger partial charge is 0.207 e. The average molecular weight is 230 g/mol. The van der Waals surface area contributed by atoms with Crippen LogP contribution in [0.1, 0.15) is 26.3 Å². The number of hydrogen-bond donors (Lipinski definition) is 0. The highest BCUT2D eigenvalue weighted by atomic mass is 31.0. The zero-order valence-electron chi connectivity index (χ0n) is 8.79. The van der Waals surface area contributed by atoms with Gasteiger partial charge in [-0.3, -0.25) is 0 Å². The molecule has 0 aromatic heterocycles. The lowest BCUT2D eigenvalue weighted by molar-refractivity contribution is 0.463. The van der Waals surface area contributed by atoms with Gasteiger partial charge in [-0.25, -0.2) is 13.2 Å². The van der Waals surface area contributed by atoms with Gasteiger partial charge in [-0.2, -0.15) is 0 Å². The molecule has 1 aromatic carbocycles. The number of halogens is 3. The molecule has 0 nitrogen and oxygen atoms in total. The van der Waals surface area contributed by atoms with Crippen molar-refractivity contribution in [3.05, 3.63) is 23.0 Å². The molecule has 0 N–H and O–H groups in total. The first kappa shape index (κ1) is 12.6. The molecule has 1 rings (SSSR count). The molecular formula is C10H11BF3P. The van der Waals surface area contributed by atoms with E-state index < -0.39 is 28.3 Å². The monoisotopic (exact) mass is 230 g/mol. The van der Waals surface area contributed by atoms with E-state index in [0.717, 1.165) is 0 Å². The number of hydrogen-bond acceptors (Lipinski definition) is 0. The second-order valence-corrected chi connectivity index (χ2v) is 4.97. The second kappa shape index (κ2) is 3.82. The minimum absolute atomic E-state index is 0.00306. The van der Waals surface area contributed by atoms with E-state index in [9.17, 15) is 13.2 Å². The Morgan fingerprint density at radius 3 is 1.87 bits per heavy atom. The predicted molar refractivity (Wildman–Crippen MR) is 59.7 cm³/mol. The standard InChI is InChI=1S/C10H11BF3P/c1-10(2,3)4-6(12)7(13)5(11)8(14)9(4)15/h15H2,1-3H3. The fourth-order valence-corrected chi connectivity index (χ4v) is 2.15. The van der Waals surface area contributed by atoms with Gasteiger partial charge in [0, 0.05) is 10.9 Å². The van der Waals surface area contributed by atoms with E-state index in [2.05, 4.69) is 9.24 Å². The maximum Gasteiger partial charge on any atom is 0.162 e. The fraction of sp³-hybridized carbons (Fsp3) is 0.400. The molecule has 1 unspecified atom stereocenters. The van der Waals surface area contributed by atoms with E-state index in [1.165, 1.54) is 0 Å². The maximum absolute atomic E-state index is 13.6. The van der Waals surface area contributed by atoms with Crippen LogP contribution < -0.4 is 10.8 Å². The van der Waals surface area contributed by atoms with Crippen LogP contribution in [0.2, 0.25) is 0 Å². The van der Waals surface area contributed by atoms with Crippen molar-refractivity contribution in [2.45, 2.75) is 26.2 Å². The molecule has 0 fully saturated rings. The molecule has 1 atom stereocenters. The third-order valence-corrected chi connectivity index (χ3v) is 2.68. The van der Waals surface area contributed by atoms with Gasteiger partial charge in [0.25, 0.3) is 0 Å². The zero-order chi connectivity index (χ0) is 12.0. The van der Waals surface area contributed by atoms with Crippen LogP contribution in [-0.4, -0.2) is 7.85 Å². The predicted octanol–water partition coefficient (Wildman–Crippen LogP) is 1.70. The molecule has 15 heavy (non-hydrogen) atoms. The molecule has 2 radical (unpaired) electrons. The quantitative estimate of drug-likeness (QED) is 0.361. The Morgan fingerprint density at radius 2 is 1.47 bits per heavy atom. The lowest BCUT2D eigenvalue weighted by atomic mass is 9.83. The van der Waals surface area contributed by atoms with E-state index in [4.69, 9.17) is 7.85 Å². The highest BCUT2D eigenvalue weighted by Gasteiger charge is 2.27. The molecule has 5 heteroatoms. The minimum Gasteiger partial charge on any atom is -0.207 e. The SMILES string of the molecule is [B]c1c(F)c(F)c(C(C)(C)C)c(P)c1F. The van der Waals surface area contributed by atoms with Crippen LogP contribution in [0.3, 0.4) is 0 Å². The fourth-order valence-electron chi connectivity index (χ4n) is 1.43. The van der Waals surface area contributed by atoms with Crippen LogP contribution in [0.15, 0.2) is 0 Å². The molecule has 0 heterocycles. The van der Waals surface area contributed by atoms with Crippen molar-refractivity contribution in [1.82, 2.24) is 0 Å². The first-order chi connectivity index (χ1) is 6.68. The van der Waals surface area contributed by atoms with E-state index in [1.54, 1.807) is 20.8 Å². The minimum atomic E-state index is -1.32. The summed E-state index contributed by atoms with van der Waals surface area (Å²) in [5, 5.41) is -0.0149. The van der Waals surface area contributed by atoms with Crippen LogP contribution in [-0.2, 0) is 5.41 Å². The van der Waals surface area contributed by atoms with Gasteiger partial charge < -0.3 is 0 Å². The van der Waals surface area contributed by atoms with Gasteiger partial charge in [0.1, 0.15) is 13.7 Å². The average Bonchev–Trinajstić information content (AvgIpc) is 2.09. The van der Waals surface area contributed by atoms with Gasteiger partial charge in [0.05, 0.1) is 0 Å². The van der Waals surface area contributed by atoms with Crippen LogP contribution in [0.25, 0.3) is 0 Å². The molecular weight excluding hydrogens is 219 g/mol. The summed E-state index contributed by atoms with van der Waals surface area (Å²) in [5.41, 5.74) is -1.46. The Bertz CT molecular complexity index is 381. The third-order valence-electron chi connectivity index (χ3n) is 2.14. The Kier molecular flexibility index (Phi) is 3.20. The molecule has 0 aliphatic rings. The number of rotatable bonds is 0. The molecule has 80 valence electrons. The van der Waals surface area contributed by atoms with Crippen LogP contribution in [0.4, 0.5) is 13.2 Å². The molecule has 0 saturated carbocycles. The molecule has 0 aliphatic heterocycles. The first-order valence-corrected chi connectivity index (χ1v) is 4.97. The van der Waals surface area contributed by atoms with Gasteiger partial charge in [0.2, 0.25) is 0 Å². The highest BCUT2D eigenvalue weighted by molar-refractivity contribution is 7.27. The summed E-state index contributed by atoms with van der Waals surface area (Å²) in [6, 6.07) is 0. The van der Waals surface area contributed by atoms with E-state index in [1.807, 2.05) is 0 Å². The summed E-state index contributed by atoms with van der Waals surface area (Å²) >= 11 is 0. The van der Waals surface area contributed by atoms with Crippen molar-refractivity contribution in [3.63, 3.8) is 0 Å². The summed E-state index contributed by atoms with van der Waals surface area (Å²) in [4.78, 5) is 0. The van der Waals surface area contributed by atoms with E-state index >= 15 is 0 Å². The Balaban J connectivity index is 3.68. The van der Waals surface area contributed by atoms with Gasteiger partial charge in [-0.1, -0.05) is 20.8 Å². The van der Waals surface area contributed by atoms with Crippen LogP contribution >= 0.6 is 9.24 Å². The van der Waals surface area contributed by atoms with Gasteiger partial charge in [-0.15, -0.1) is 9.24 Å². The van der Waals surface area contributed by atoms with Crippen molar-refractivity contribution in [2.24, 2.45) is 0 Å². The summed E-state index contributed by atoms with van der Waals surface area (Å²) in [6.07, 6.45) is 0. The zero-order valence-corrected chi connectivity index (χ0v) is 9.94. The molecule has 0 amide bonds. The van der Waals surface area contributed by atoms with Gasteiger partial charge in [0.15, 0.2) is 11.6 Å². The lowest BCUT2D eigenvalue weighted by Gasteiger charge is -2.23. The first-order valence-electron chi connectivity index (χ1n) is 4.39. The van der Waals surface area contributed by atoms with Crippen molar-refractivity contribution in [1.29, 1.82) is 0 Å². The van der Waals surface area contributed by atoms with Crippen LogP contribution in [0.5, 0.6) is 0 Å².